The van der Waals surface area contributed by atoms with Crippen molar-refractivity contribution in [3.63, 3.8) is 0 Å². The van der Waals surface area contributed by atoms with Crippen LogP contribution in [0.15, 0.2) is 0 Å². The summed E-state index contributed by atoms with van der Waals surface area (Å²) in [5.41, 5.74) is 0. The van der Waals surface area contributed by atoms with Gasteiger partial charge in [0.2, 0.25) is 0 Å². The van der Waals surface area contributed by atoms with Gasteiger partial charge in [-0.15, -0.1) is 0 Å². The van der Waals surface area contributed by atoms with E-state index in [-0.39, 0.29) is 0 Å². The van der Waals surface area contributed by atoms with E-state index in [1.54, 1.807) is 0 Å². The molecule has 0 aromatic carbocycles. The zero-order valence-electron chi connectivity index (χ0n) is 3.88. The van der Waals surface area contributed by atoms with Crippen LogP contribution in [0.5, 0.6) is 0 Å². The largest absolute Gasteiger partial charge is 0.392 e. The lowest BCUT2D eigenvalue weighted by Gasteiger charge is -2.18. The van der Waals surface area contributed by atoms with Crippen molar-refractivity contribution in [3.05, 3.63) is 0 Å². The lowest BCUT2D eigenvalue weighted by molar-refractivity contribution is 0.00960. The fourth-order valence-corrected chi connectivity index (χ4v) is 0.220. The van der Waals surface area contributed by atoms with Gasteiger partial charge in [-0.3, -0.25) is 0 Å². The van der Waals surface area contributed by atoms with E-state index in [2.05, 4.69) is 31.9 Å². The molecule has 0 amide bonds. The van der Waals surface area contributed by atoms with Gasteiger partial charge in [-0.05, 0) is 15.9 Å². The molecule has 3 nitrogen and oxygen atoms in total. The topological polar surface area (TPSA) is 60.7 Å². The van der Waals surface area contributed by atoms with Gasteiger partial charge >= 0.3 is 0 Å². The standard InChI is InChI=1S/C3H6Br2O3/c4-2(7)3(5,8)1-6/h2,6-8H,1H2/t2-,3+/m0/s1. The van der Waals surface area contributed by atoms with E-state index in [0.717, 1.165) is 0 Å². The minimum atomic E-state index is -1.62. The van der Waals surface area contributed by atoms with E-state index < -0.39 is 16.1 Å². The smallest absolute Gasteiger partial charge is 0.178 e. The predicted octanol–water partition coefficient (Wildman–Crippen LogP) is -0.224. The molecule has 0 unspecified atom stereocenters. The van der Waals surface area contributed by atoms with Gasteiger partial charge in [-0.25, -0.2) is 0 Å². The Morgan fingerprint density at radius 3 is 2.00 bits per heavy atom. The van der Waals surface area contributed by atoms with Crippen molar-refractivity contribution in [2.75, 3.05) is 6.61 Å². The Bertz CT molecular complexity index is 72.9. The van der Waals surface area contributed by atoms with Gasteiger partial charge in [0.15, 0.2) is 4.51 Å². The summed E-state index contributed by atoms with van der Waals surface area (Å²) in [7, 11) is 0. The van der Waals surface area contributed by atoms with E-state index in [1.807, 2.05) is 0 Å². The first-order valence-corrected chi connectivity index (χ1v) is 3.56. The number of hydrogen-bond donors (Lipinski definition) is 3. The molecule has 0 spiro atoms. The van der Waals surface area contributed by atoms with Crippen LogP contribution in [0.25, 0.3) is 0 Å². The second-order valence-electron chi connectivity index (χ2n) is 1.31. The maximum absolute atomic E-state index is 8.77. The molecule has 0 aromatic rings. The van der Waals surface area contributed by atoms with Crippen LogP contribution in [0.2, 0.25) is 0 Å². The Morgan fingerprint density at radius 2 is 2.00 bits per heavy atom. The second kappa shape index (κ2) is 3.12. The molecule has 0 bridgehead atoms. The van der Waals surface area contributed by atoms with Crippen molar-refractivity contribution >= 4 is 31.9 Å². The highest BCUT2D eigenvalue weighted by Crippen LogP contribution is 2.21. The average molecular weight is 250 g/mol. The van der Waals surface area contributed by atoms with E-state index in [1.165, 1.54) is 0 Å². The molecule has 0 aliphatic heterocycles. The Labute approximate surface area is 63.6 Å². The molecule has 2 atom stereocenters. The van der Waals surface area contributed by atoms with E-state index >= 15 is 0 Å². The summed E-state index contributed by atoms with van der Waals surface area (Å²) in [6.07, 6.45) is 0. The quantitative estimate of drug-likeness (QED) is 0.593. The highest BCUT2D eigenvalue weighted by Gasteiger charge is 2.29. The van der Waals surface area contributed by atoms with Crippen LogP contribution in [0, 0.1) is 0 Å². The normalized spacial score (nSPS) is 22.1. The molecule has 0 aliphatic carbocycles. The number of aliphatic hydroxyl groups is 3. The maximum Gasteiger partial charge on any atom is 0.178 e. The fourth-order valence-electron chi connectivity index (χ4n) is 0.0753. The van der Waals surface area contributed by atoms with E-state index in [0.29, 0.717) is 0 Å². The fraction of sp³-hybridized carbons (Fsp3) is 1.00. The predicted molar refractivity (Wildman–Crippen MR) is 35.9 cm³/mol. The average Bonchev–Trinajstić information content (AvgIpc) is 1.67. The minimum absolute atomic E-state index is 0.542. The minimum Gasteiger partial charge on any atom is -0.392 e. The van der Waals surface area contributed by atoms with E-state index in [9.17, 15) is 0 Å². The van der Waals surface area contributed by atoms with Crippen molar-refractivity contribution in [2.24, 2.45) is 0 Å². The SMILES string of the molecule is OC[C@](O)(Br)[C@H](O)Br. The molecule has 0 rings (SSSR count). The van der Waals surface area contributed by atoms with Crippen molar-refractivity contribution in [1.82, 2.24) is 0 Å². The van der Waals surface area contributed by atoms with Gasteiger partial charge in [-0.2, -0.15) is 0 Å². The Balaban J connectivity index is 3.71. The van der Waals surface area contributed by atoms with E-state index in [4.69, 9.17) is 15.3 Å². The summed E-state index contributed by atoms with van der Waals surface area (Å²) in [5, 5.41) is 24.4. The van der Waals surface area contributed by atoms with Gasteiger partial charge in [0, 0.05) is 0 Å². The molecule has 0 saturated heterocycles. The summed E-state index contributed by atoms with van der Waals surface area (Å²) in [6, 6.07) is 0. The highest BCUT2D eigenvalue weighted by molar-refractivity contribution is 9.12. The molecule has 3 N–H and O–H groups in total. The van der Waals surface area contributed by atoms with Crippen molar-refractivity contribution in [1.29, 1.82) is 0 Å². The summed E-state index contributed by atoms with van der Waals surface area (Å²) in [6.45, 7) is -0.542. The van der Waals surface area contributed by atoms with Crippen LogP contribution in [0.3, 0.4) is 0 Å². The first kappa shape index (κ1) is 8.84. The Hall–Kier alpha value is 0.840. The first-order valence-electron chi connectivity index (χ1n) is 1.85. The van der Waals surface area contributed by atoms with Crippen molar-refractivity contribution < 1.29 is 15.3 Å². The first-order chi connectivity index (χ1) is 3.50. The molecule has 0 aromatic heterocycles. The lowest BCUT2D eigenvalue weighted by atomic mass is 10.4. The Morgan fingerprint density at radius 1 is 1.62 bits per heavy atom. The molecule has 0 saturated carbocycles. The molecule has 5 heteroatoms. The second-order valence-corrected chi connectivity index (χ2v) is 3.55. The van der Waals surface area contributed by atoms with Crippen molar-refractivity contribution in [2.45, 2.75) is 9.52 Å². The zero-order valence-corrected chi connectivity index (χ0v) is 7.05. The van der Waals surface area contributed by atoms with Crippen LogP contribution in [-0.4, -0.2) is 31.5 Å². The molecule has 0 fully saturated rings. The monoisotopic (exact) mass is 248 g/mol. The molecule has 0 heterocycles. The molecule has 0 aliphatic rings. The molecule has 50 valence electrons. The number of alkyl halides is 2. The lowest BCUT2D eigenvalue weighted by Crippen LogP contribution is -2.35. The van der Waals surface area contributed by atoms with Gasteiger partial charge < -0.3 is 15.3 Å². The number of halogens is 2. The summed E-state index contributed by atoms with van der Waals surface area (Å²) in [5.74, 6) is 0. The van der Waals surface area contributed by atoms with Gasteiger partial charge in [0.05, 0.1) is 6.61 Å². The van der Waals surface area contributed by atoms with Gasteiger partial charge in [0.25, 0.3) is 0 Å². The number of aliphatic hydroxyl groups excluding tert-OH is 2. The molecule has 0 radical (unpaired) electrons. The summed E-state index contributed by atoms with van der Waals surface area (Å²) >= 11 is 5.31. The third-order valence-electron chi connectivity index (χ3n) is 0.587. The number of hydrogen-bond acceptors (Lipinski definition) is 3. The van der Waals surface area contributed by atoms with Gasteiger partial charge in [0.1, 0.15) is 5.01 Å². The number of rotatable bonds is 2. The maximum atomic E-state index is 8.77. The van der Waals surface area contributed by atoms with Crippen LogP contribution in [0.1, 0.15) is 0 Å². The van der Waals surface area contributed by atoms with Crippen LogP contribution < -0.4 is 0 Å². The van der Waals surface area contributed by atoms with Crippen molar-refractivity contribution in [3.8, 4) is 0 Å². The summed E-state index contributed by atoms with van der Waals surface area (Å²) in [4.78, 5) is 0. The van der Waals surface area contributed by atoms with Crippen LogP contribution >= 0.6 is 31.9 Å². The summed E-state index contributed by atoms with van der Waals surface area (Å²) < 4.78 is -1.62. The third kappa shape index (κ3) is 2.41. The van der Waals surface area contributed by atoms with Gasteiger partial charge in [-0.1, -0.05) is 15.9 Å². The molecule has 8 heavy (non-hydrogen) atoms. The van der Waals surface area contributed by atoms with Crippen LogP contribution in [0.4, 0.5) is 0 Å². The molecular weight excluding hydrogens is 244 g/mol. The molecular formula is C3H6Br2O3. The van der Waals surface area contributed by atoms with Crippen LogP contribution in [-0.2, 0) is 0 Å². The Kier molecular flexibility index (Phi) is 3.45. The highest BCUT2D eigenvalue weighted by atomic mass is 79.9. The zero-order chi connectivity index (χ0) is 6.78. The third-order valence-corrected chi connectivity index (χ3v) is 2.64.